The van der Waals surface area contributed by atoms with Gasteiger partial charge < -0.3 is 20.1 Å². The number of guanidine groups is 1. The van der Waals surface area contributed by atoms with Crippen LogP contribution in [0.3, 0.4) is 0 Å². The van der Waals surface area contributed by atoms with Crippen molar-refractivity contribution in [3.63, 3.8) is 0 Å². The zero-order valence-electron chi connectivity index (χ0n) is 16.7. The minimum absolute atomic E-state index is 0. The monoisotopic (exact) mass is 500 g/mol. The number of hydrogen-bond acceptors (Lipinski definition) is 4. The molecule has 6 nitrogen and oxygen atoms in total. The number of halogens is 1. The summed E-state index contributed by atoms with van der Waals surface area (Å²) in [6.07, 6.45) is 4.30. The van der Waals surface area contributed by atoms with Gasteiger partial charge in [-0.05, 0) is 37.3 Å². The average Bonchev–Trinajstić information content (AvgIpc) is 3.31. The van der Waals surface area contributed by atoms with Gasteiger partial charge in [-0.15, -0.1) is 24.0 Å². The fraction of sp³-hybridized carbons (Fsp3) is 0.667. The van der Waals surface area contributed by atoms with Crippen molar-refractivity contribution in [1.82, 2.24) is 15.5 Å². The van der Waals surface area contributed by atoms with Crippen molar-refractivity contribution in [2.24, 2.45) is 4.99 Å². The molecule has 3 fully saturated rings. The summed E-state index contributed by atoms with van der Waals surface area (Å²) in [6, 6.07) is 9.19. The lowest BCUT2D eigenvalue weighted by Gasteiger charge is -2.26. The van der Waals surface area contributed by atoms with Gasteiger partial charge in [0.15, 0.2) is 5.96 Å². The van der Waals surface area contributed by atoms with E-state index in [1.807, 2.05) is 0 Å². The molecule has 7 heteroatoms. The number of rotatable bonds is 6. The van der Waals surface area contributed by atoms with Crippen LogP contribution < -0.4 is 10.6 Å². The largest absolute Gasteiger partial charge is 0.379 e. The summed E-state index contributed by atoms with van der Waals surface area (Å²) in [5, 5.41) is 6.97. The van der Waals surface area contributed by atoms with Crippen LogP contribution in [0.2, 0.25) is 0 Å². The van der Waals surface area contributed by atoms with Crippen LogP contribution in [-0.4, -0.2) is 62.0 Å². The molecular formula is C21H33IN4O2. The third kappa shape index (κ3) is 5.81. The van der Waals surface area contributed by atoms with Crippen molar-refractivity contribution in [2.45, 2.75) is 57.5 Å². The Balaban J connectivity index is 0.00000225. The molecular weight excluding hydrogens is 467 g/mol. The van der Waals surface area contributed by atoms with Crippen LogP contribution in [0.4, 0.5) is 0 Å². The Kier molecular flexibility index (Phi) is 8.37. The molecule has 3 unspecified atom stereocenters. The smallest absolute Gasteiger partial charge is 0.191 e. The van der Waals surface area contributed by atoms with E-state index in [-0.39, 0.29) is 24.0 Å². The van der Waals surface area contributed by atoms with E-state index in [0.29, 0.717) is 24.8 Å². The number of morpholine rings is 1. The van der Waals surface area contributed by atoms with Gasteiger partial charge in [-0.2, -0.15) is 0 Å². The molecule has 0 aromatic heterocycles. The fourth-order valence-corrected chi connectivity index (χ4v) is 4.30. The number of nitrogens with zero attached hydrogens (tertiary/aromatic N) is 2. The third-order valence-electron chi connectivity index (χ3n) is 5.69. The summed E-state index contributed by atoms with van der Waals surface area (Å²) in [5.41, 5.74) is 2.60. The molecule has 0 saturated carbocycles. The first-order chi connectivity index (χ1) is 13.3. The van der Waals surface area contributed by atoms with E-state index in [9.17, 15) is 0 Å². The molecule has 0 spiro atoms. The van der Waals surface area contributed by atoms with E-state index in [2.05, 4.69) is 46.7 Å². The first-order valence-electron chi connectivity index (χ1n) is 10.4. The van der Waals surface area contributed by atoms with Gasteiger partial charge in [-0.3, -0.25) is 4.90 Å². The normalized spacial score (nSPS) is 27.5. The van der Waals surface area contributed by atoms with Crippen LogP contribution >= 0.6 is 24.0 Å². The Hall–Kier alpha value is -0.900. The van der Waals surface area contributed by atoms with Crippen molar-refractivity contribution in [2.75, 3.05) is 32.8 Å². The zero-order valence-corrected chi connectivity index (χ0v) is 19.1. The van der Waals surface area contributed by atoms with E-state index in [4.69, 9.17) is 14.5 Å². The van der Waals surface area contributed by atoms with Gasteiger partial charge >= 0.3 is 0 Å². The van der Waals surface area contributed by atoms with Crippen molar-refractivity contribution < 1.29 is 9.47 Å². The number of ether oxygens (including phenoxy) is 2. The molecule has 2 N–H and O–H groups in total. The second-order valence-corrected chi connectivity index (χ2v) is 7.76. The van der Waals surface area contributed by atoms with Gasteiger partial charge in [0.1, 0.15) is 0 Å². The molecule has 1 aromatic rings. The highest BCUT2D eigenvalue weighted by atomic mass is 127. The van der Waals surface area contributed by atoms with Crippen molar-refractivity contribution in [3.05, 3.63) is 35.4 Å². The van der Waals surface area contributed by atoms with Crippen LogP contribution in [0.5, 0.6) is 0 Å². The minimum atomic E-state index is 0. The summed E-state index contributed by atoms with van der Waals surface area (Å²) in [4.78, 5) is 7.27. The molecule has 3 aliphatic heterocycles. The molecule has 0 aliphatic carbocycles. The van der Waals surface area contributed by atoms with E-state index in [0.717, 1.165) is 51.8 Å². The lowest BCUT2D eigenvalue weighted by molar-refractivity contribution is 0.0342. The molecule has 3 heterocycles. The molecule has 3 atom stereocenters. The summed E-state index contributed by atoms with van der Waals surface area (Å²) >= 11 is 0. The Labute approximate surface area is 185 Å². The average molecular weight is 500 g/mol. The van der Waals surface area contributed by atoms with Crippen LogP contribution in [0, 0.1) is 0 Å². The van der Waals surface area contributed by atoms with E-state index in [1.54, 1.807) is 0 Å². The van der Waals surface area contributed by atoms with Crippen molar-refractivity contribution in [1.29, 1.82) is 0 Å². The molecule has 0 radical (unpaired) electrons. The third-order valence-corrected chi connectivity index (χ3v) is 5.69. The van der Waals surface area contributed by atoms with Gasteiger partial charge in [-0.1, -0.05) is 24.3 Å². The lowest BCUT2D eigenvalue weighted by Crippen LogP contribution is -2.47. The van der Waals surface area contributed by atoms with Gasteiger partial charge in [0.25, 0.3) is 0 Å². The highest BCUT2D eigenvalue weighted by Crippen LogP contribution is 2.34. The van der Waals surface area contributed by atoms with E-state index >= 15 is 0 Å². The molecule has 28 heavy (non-hydrogen) atoms. The van der Waals surface area contributed by atoms with Crippen LogP contribution in [0.15, 0.2) is 29.3 Å². The quantitative estimate of drug-likeness (QED) is 0.357. The van der Waals surface area contributed by atoms with Gasteiger partial charge in [0.2, 0.25) is 0 Å². The van der Waals surface area contributed by atoms with Crippen LogP contribution in [0.1, 0.15) is 37.3 Å². The Morgan fingerprint density at radius 1 is 1.21 bits per heavy atom. The van der Waals surface area contributed by atoms with Gasteiger partial charge in [-0.25, -0.2) is 4.99 Å². The molecule has 4 rings (SSSR count). The number of fused-ring (bicyclic) bond motifs is 2. The molecule has 0 amide bonds. The summed E-state index contributed by atoms with van der Waals surface area (Å²) in [6.45, 7) is 8.37. The number of hydrogen-bond donors (Lipinski definition) is 2. The lowest BCUT2D eigenvalue weighted by atomic mass is 9.96. The summed E-state index contributed by atoms with van der Waals surface area (Å²) in [7, 11) is 0. The van der Waals surface area contributed by atoms with Crippen molar-refractivity contribution in [3.8, 4) is 0 Å². The number of nitrogens with one attached hydrogen (secondary N) is 2. The maximum atomic E-state index is 5.96. The Bertz CT molecular complexity index is 651. The summed E-state index contributed by atoms with van der Waals surface area (Å²) < 4.78 is 11.4. The van der Waals surface area contributed by atoms with Crippen LogP contribution in [-0.2, 0) is 22.6 Å². The fourth-order valence-electron chi connectivity index (χ4n) is 4.30. The summed E-state index contributed by atoms with van der Waals surface area (Å²) in [5.74, 6) is 0.900. The topological polar surface area (TPSA) is 58.1 Å². The minimum Gasteiger partial charge on any atom is -0.379 e. The highest BCUT2D eigenvalue weighted by Gasteiger charge is 2.41. The SMILES string of the molecule is CCNC(=NCc1cccc(CN2CCOCC2)c1)NC1CC2CCC1O2.I. The first-order valence-corrected chi connectivity index (χ1v) is 10.4. The number of aliphatic imine (C=N–C) groups is 1. The molecule has 2 bridgehead atoms. The van der Waals surface area contributed by atoms with E-state index < -0.39 is 0 Å². The number of benzene rings is 1. The molecule has 156 valence electrons. The standard InChI is InChI=1S/C21H32N4O2.HI/c1-2-22-21(24-19-13-18-6-7-20(19)27-18)23-14-16-4-3-5-17(12-16)15-25-8-10-26-11-9-25;/h3-5,12,18-20H,2,6-11,13-15H2,1H3,(H2,22,23,24);1H. The van der Waals surface area contributed by atoms with E-state index in [1.165, 1.54) is 24.0 Å². The second-order valence-electron chi connectivity index (χ2n) is 7.76. The predicted molar refractivity (Wildman–Crippen MR) is 122 cm³/mol. The van der Waals surface area contributed by atoms with Crippen LogP contribution in [0.25, 0.3) is 0 Å². The van der Waals surface area contributed by atoms with Gasteiger partial charge in [0.05, 0.1) is 38.0 Å². The van der Waals surface area contributed by atoms with Gasteiger partial charge in [0, 0.05) is 26.2 Å². The maximum Gasteiger partial charge on any atom is 0.191 e. The zero-order chi connectivity index (χ0) is 18.5. The maximum absolute atomic E-state index is 5.96. The predicted octanol–water partition coefficient (Wildman–Crippen LogP) is 2.51. The first kappa shape index (κ1) is 21.8. The Morgan fingerprint density at radius 2 is 2.04 bits per heavy atom. The van der Waals surface area contributed by atoms with Crippen molar-refractivity contribution >= 4 is 29.9 Å². The molecule has 1 aromatic carbocycles. The Morgan fingerprint density at radius 3 is 2.75 bits per heavy atom. The highest BCUT2D eigenvalue weighted by molar-refractivity contribution is 14.0. The molecule has 3 aliphatic rings. The molecule has 3 saturated heterocycles. The second kappa shape index (κ2) is 10.8.